The first-order valence-corrected chi connectivity index (χ1v) is 5.81. The van der Waals surface area contributed by atoms with Crippen molar-refractivity contribution < 1.29 is 9.53 Å². The van der Waals surface area contributed by atoms with E-state index in [4.69, 9.17) is 10.5 Å². The second-order valence-electron chi connectivity index (χ2n) is 3.76. The van der Waals surface area contributed by atoms with E-state index in [2.05, 4.69) is 15.9 Å². The fourth-order valence-electron chi connectivity index (χ4n) is 1.87. The van der Waals surface area contributed by atoms with E-state index in [1.54, 1.807) is 12.0 Å². The van der Waals surface area contributed by atoms with Gasteiger partial charge in [-0.15, -0.1) is 0 Å². The molecule has 1 fully saturated rings. The Balaban J connectivity index is 2.43. The topological polar surface area (TPSA) is 55.6 Å². The highest BCUT2D eigenvalue weighted by atomic mass is 79.9. The third-order valence-electron chi connectivity index (χ3n) is 2.59. The summed E-state index contributed by atoms with van der Waals surface area (Å²) in [5.41, 5.74) is 6.54. The molecule has 0 aliphatic carbocycles. The average Bonchev–Trinajstić information content (AvgIpc) is 2.57. The quantitative estimate of drug-likeness (QED) is 0.896. The lowest BCUT2D eigenvalue weighted by molar-refractivity contribution is -0.117. The number of methoxy groups -OCH3 is 1. The van der Waals surface area contributed by atoms with Gasteiger partial charge in [-0.3, -0.25) is 4.79 Å². The van der Waals surface area contributed by atoms with Gasteiger partial charge in [0, 0.05) is 23.5 Å². The zero-order valence-corrected chi connectivity index (χ0v) is 10.5. The second kappa shape index (κ2) is 4.43. The number of ether oxygens (including phenoxy) is 1. The molecule has 0 saturated carbocycles. The van der Waals surface area contributed by atoms with E-state index < -0.39 is 0 Å². The van der Waals surface area contributed by atoms with Crippen LogP contribution >= 0.6 is 15.9 Å². The number of nitrogens with zero attached hydrogens (tertiary/aromatic N) is 1. The Morgan fingerprint density at radius 3 is 2.88 bits per heavy atom. The van der Waals surface area contributed by atoms with Crippen molar-refractivity contribution in [3.05, 3.63) is 22.7 Å². The van der Waals surface area contributed by atoms with Gasteiger partial charge in [0.25, 0.3) is 0 Å². The van der Waals surface area contributed by atoms with Gasteiger partial charge in [-0.05, 0) is 28.1 Å². The van der Waals surface area contributed by atoms with Crippen molar-refractivity contribution in [2.45, 2.75) is 12.5 Å². The number of carbonyl (C=O) groups excluding carboxylic acids is 1. The molecule has 5 heteroatoms. The van der Waals surface area contributed by atoms with Gasteiger partial charge in [-0.2, -0.15) is 0 Å². The maximum Gasteiger partial charge on any atom is 0.228 e. The van der Waals surface area contributed by atoms with E-state index in [0.717, 1.165) is 10.2 Å². The van der Waals surface area contributed by atoms with E-state index in [-0.39, 0.29) is 11.9 Å². The number of nitrogens with two attached hydrogens (primary N) is 1. The second-order valence-corrected chi connectivity index (χ2v) is 4.61. The van der Waals surface area contributed by atoms with Gasteiger partial charge in [0.15, 0.2) is 0 Å². The molecular formula is C11H13BrN2O2. The summed E-state index contributed by atoms with van der Waals surface area (Å²) >= 11 is 3.43. The van der Waals surface area contributed by atoms with E-state index in [0.29, 0.717) is 18.7 Å². The van der Waals surface area contributed by atoms with Crippen LogP contribution in [0.4, 0.5) is 5.69 Å². The Hall–Kier alpha value is -1.07. The van der Waals surface area contributed by atoms with Gasteiger partial charge in [-0.25, -0.2) is 0 Å². The highest BCUT2D eigenvalue weighted by Crippen LogP contribution is 2.37. The number of rotatable bonds is 2. The third kappa shape index (κ3) is 1.92. The van der Waals surface area contributed by atoms with Crippen molar-refractivity contribution in [3.8, 4) is 5.75 Å². The molecule has 16 heavy (non-hydrogen) atoms. The molecule has 2 N–H and O–H groups in total. The largest absolute Gasteiger partial charge is 0.495 e. The molecule has 4 nitrogen and oxygen atoms in total. The molecule has 1 unspecified atom stereocenters. The molecule has 1 amide bonds. The average molecular weight is 285 g/mol. The summed E-state index contributed by atoms with van der Waals surface area (Å²) in [6.45, 7) is 0.539. The molecule has 0 radical (unpaired) electrons. The molecule has 86 valence electrons. The predicted molar refractivity (Wildman–Crippen MR) is 65.6 cm³/mol. The zero-order valence-electron chi connectivity index (χ0n) is 8.94. The zero-order chi connectivity index (χ0) is 11.7. The highest BCUT2D eigenvalue weighted by Gasteiger charge is 2.31. The first-order valence-electron chi connectivity index (χ1n) is 5.02. The molecule has 0 bridgehead atoms. The number of hydrogen-bond donors (Lipinski definition) is 1. The lowest BCUT2D eigenvalue weighted by atomic mass is 10.2. The van der Waals surface area contributed by atoms with Gasteiger partial charge < -0.3 is 15.4 Å². The number of benzene rings is 1. The predicted octanol–water partition coefficient (Wildman–Crippen LogP) is 1.52. The van der Waals surface area contributed by atoms with E-state index in [1.165, 1.54) is 0 Å². The van der Waals surface area contributed by atoms with Crippen LogP contribution in [0.25, 0.3) is 0 Å². The summed E-state index contributed by atoms with van der Waals surface area (Å²) in [5, 5.41) is 0. The monoisotopic (exact) mass is 284 g/mol. The van der Waals surface area contributed by atoms with Crippen molar-refractivity contribution in [1.29, 1.82) is 0 Å². The molecule has 0 spiro atoms. The van der Waals surface area contributed by atoms with Crippen LogP contribution in [0.2, 0.25) is 0 Å². The Kier molecular flexibility index (Phi) is 3.16. The number of halogens is 1. The summed E-state index contributed by atoms with van der Waals surface area (Å²) in [6, 6.07) is 5.49. The maximum absolute atomic E-state index is 11.8. The third-order valence-corrected chi connectivity index (χ3v) is 3.23. The molecular weight excluding hydrogens is 272 g/mol. The van der Waals surface area contributed by atoms with Gasteiger partial charge in [0.2, 0.25) is 5.91 Å². The Bertz CT molecular complexity index is 422. The summed E-state index contributed by atoms with van der Waals surface area (Å²) in [6.07, 6.45) is 0.393. The van der Waals surface area contributed by atoms with Gasteiger partial charge >= 0.3 is 0 Å². The fourth-order valence-corrected chi connectivity index (χ4v) is 2.44. The number of para-hydroxylation sites is 1. The Morgan fingerprint density at radius 1 is 1.56 bits per heavy atom. The number of carbonyl (C=O) groups is 1. The normalized spacial score (nSPS) is 20.3. The molecule has 2 rings (SSSR count). The van der Waals surface area contributed by atoms with Gasteiger partial charge in [0.05, 0.1) is 7.11 Å². The van der Waals surface area contributed by atoms with Crippen LogP contribution in [0.5, 0.6) is 5.75 Å². The standard InChI is InChI=1S/C11H13BrN2O2/c1-16-9-4-2-3-8(12)11(9)14-6-7(13)5-10(14)15/h2-4,7H,5-6,13H2,1H3. The molecule has 1 aromatic rings. The van der Waals surface area contributed by atoms with Gasteiger partial charge in [0.1, 0.15) is 11.4 Å². The minimum atomic E-state index is -0.0932. The smallest absolute Gasteiger partial charge is 0.228 e. The van der Waals surface area contributed by atoms with Crippen molar-refractivity contribution >= 4 is 27.5 Å². The molecule has 1 saturated heterocycles. The van der Waals surface area contributed by atoms with E-state index in [9.17, 15) is 4.79 Å². The van der Waals surface area contributed by atoms with Crippen molar-refractivity contribution in [2.75, 3.05) is 18.6 Å². The van der Waals surface area contributed by atoms with Crippen LogP contribution in [0.15, 0.2) is 22.7 Å². The molecule has 1 heterocycles. The molecule has 0 aromatic heterocycles. The minimum absolute atomic E-state index is 0.0395. The van der Waals surface area contributed by atoms with E-state index in [1.807, 2.05) is 18.2 Å². The SMILES string of the molecule is COc1cccc(Br)c1N1CC(N)CC1=O. The van der Waals surface area contributed by atoms with Crippen molar-refractivity contribution in [3.63, 3.8) is 0 Å². The van der Waals surface area contributed by atoms with Gasteiger partial charge in [-0.1, -0.05) is 6.07 Å². The fraction of sp³-hybridized carbons (Fsp3) is 0.364. The summed E-state index contributed by atoms with van der Waals surface area (Å²) in [5.74, 6) is 0.717. The van der Waals surface area contributed by atoms with E-state index >= 15 is 0 Å². The number of anilines is 1. The highest BCUT2D eigenvalue weighted by molar-refractivity contribution is 9.10. The van der Waals surface area contributed by atoms with Crippen LogP contribution in [0.1, 0.15) is 6.42 Å². The maximum atomic E-state index is 11.8. The van der Waals surface area contributed by atoms with Crippen molar-refractivity contribution in [2.24, 2.45) is 5.73 Å². The molecule has 1 aromatic carbocycles. The summed E-state index contributed by atoms with van der Waals surface area (Å²) < 4.78 is 6.10. The molecule has 1 aliphatic rings. The molecule has 1 atom stereocenters. The van der Waals surface area contributed by atoms with Crippen LogP contribution in [-0.2, 0) is 4.79 Å². The van der Waals surface area contributed by atoms with Crippen LogP contribution in [0.3, 0.4) is 0 Å². The Morgan fingerprint density at radius 2 is 2.31 bits per heavy atom. The number of amides is 1. The minimum Gasteiger partial charge on any atom is -0.495 e. The van der Waals surface area contributed by atoms with Crippen LogP contribution < -0.4 is 15.4 Å². The lowest BCUT2D eigenvalue weighted by Crippen LogP contribution is -2.28. The van der Waals surface area contributed by atoms with Crippen LogP contribution in [0, 0.1) is 0 Å². The molecule has 1 aliphatic heterocycles. The lowest BCUT2D eigenvalue weighted by Gasteiger charge is -2.20. The first kappa shape index (κ1) is 11.4. The van der Waals surface area contributed by atoms with Crippen LogP contribution in [-0.4, -0.2) is 25.6 Å². The summed E-state index contributed by atoms with van der Waals surface area (Å²) in [4.78, 5) is 13.4. The summed E-state index contributed by atoms with van der Waals surface area (Å²) in [7, 11) is 1.59. The first-order chi connectivity index (χ1) is 7.63. The number of hydrogen-bond acceptors (Lipinski definition) is 3. The van der Waals surface area contributed by atoms with Crippen molar-refractivity contribution in [1.82, 2.24) is 0 Å². The Labute approximate surface area is 102 Å².